The topological polar surface area (TPSA) is 67.4 Å². The normalized spacial score (nSPS) is 16.1. The number of carbonyl (C=O) groups is 2. The van der Waals surface area contributed by atoms with Gasteiger partial charge in [-0.25, -0.2) is 0 Å². The summed E-state index contributed by atoms with van der Waals surface area (Å²) in [5.41, 5.74) is 4.88. The van der Waals surface area contributed by atoms with Gasteiger partial charge in [0, 0.05) is 10.9 Å². The van der Waals surface area contributed by atoms with Crippen LogP contribution in [-0.4, -0.2) is 17.9 Å². The lowest BCUT2D eigenvalue weighted by molar-refractivity contribution is -0.133. The molecule has 0 aromatic heterocycles. The summed E-state index contributed by atoms with van der Waals surface area (Å²) in [7, 11) is 0. The fraction of sp³-hybridized carbons (Fsp3) is 0.500. The lowest BCUT2D eigenvalue weighted by atomic mass is 10.0. The summed E-state index contributed by atoms with van der Waals surface area (Å²) in [4.78, 5) is 23.7. The molecule has 0 unspecified atom stereocenters. The first kappa shape index (κ1) is 16.8. The molecule has 1 aliphatic rings. The van der Waals surface area contributed by atoms with Crippen molar-refractivity contribution in [1.82, 2.24) is 10.9 Å². The second-order valence-corrected chi connectivity index (χ2v) is 6.53. The first-order valence-electron chi connectivity index (χ1n) is 7.55. The molecular weight excluding hydrogens is 348 g/mol. The molecule has 0 aliphatic heterocycles. The van der Waals surface area contributed by atoms with Gasteiger partial charge in [-0.2, -0.15) is 0 Å². The maximum Gasteiger partial charge on any atom is 0.279 e. The second-order valence-electron chi connectivity index (χ2n) is 5.61. The summed E-state index contributed by atoms with van der Waals surface area (Å²) in [5.74, 6) is 0.524. The maximum atomic E-state index is 11.9. The Balaban J connectivity index is 1.72. The van der Waals surface area contributed by atoms with Crippen LogP contribution >= 0.6 is 15.9 Å². The molecule has 1 atom stereocenters. The van der Waals surface area contributed by atoms with Crippen LogP contribution in [0.1, 0.15) is 39.0 Å². The Kier molecular flexibility index (Phi) is 6.24. The molecule has 22 heavy (non-hydrogen) atoms. The minimum Gasteiger partial charge on any atom is -0.481 e. The third-order valence-electron chi connectivity index (χ3n) is 3.75. The van der Waals surface area contributed by atoms with Crippen LogP contribution in [0.4, 0.5) is 0 Å². The Morgan fingerprint density at radius 1 is 1.32 bits per heavy atom. The smallest absolute Gasteiger partial charge is 0.279 e. The van der Waals surface area contributed by atoms with E-state index in [0.29, 0.717) is 18.1 Å². The van der Waals surface area contributed by atoms with Crippen LogP contribution in [-0.2, 0) is 9.59 Å². The van der Waals surface area contributed by atoms with Crippen molar-refractivity contribution in [3.05, 3.63) is 28.7 Å². The first-order chi connectivity index (χ1) is 10.5. The van der Waals surface area contributed by atoms with Crippen LogP contribution < -0.4 is 15.6 Å². The van der Waals surface area contributed by atoms with Gasteiger partial charge in [-0.15, -0.1) is 0 Å². The third kappa shape index (κ3) is 5.33. The summed E-state index contributed by atoms with van der Waals surface area (Å²) in [6, 6.07) is 7.25. The predicted molar refractivity (Wildman–Crippen MR) is 87.1 cm³/mol. The molecule has 1 fully saturated rings. The van der Waals surface area contributed by atoms with Gasteiger partial charge in [0.2, 0.25) is 5.91 Å². The average Bonchev–Trinajstić information content (AvgIpc) is 2.97. The van der Waals surface area contributed by atoms with Gasteiger partial charge in [0.1, 0.15) is 5.75 Å². The molecule has 0 radical (unpaired) electrons. The Labute approximate surface area is 138 Å². The average molecular weight is 369 g/mol. The number of rotatable bonds is 5. The van der Waals surface area contributed by atoms with E-state index in [1.165, 1.54) is 12.8 Å². The molecule has 5 nitrogen and oxygen atoms in total. The minimum absolute atomic E-state index is 0.144. The number of carbonyl (C=O) groups excluding carboxylic acids is 2. The van der Waals surface area contributed by atoms with Crippen LogP contribution in [0.3, 0.4) is 0 Å². The number of amides is 2. The predicted octanol–water partition coefficient (Wildman–Crippen LogP) is 2.94. The van der Waals surface area contributed by atoms with Crippen molar-refractivity contribution >= 4 is 27.7 Å². The lowest BCUT2D eigenvalue weighted by Gasteiger charge is -2.16. The standard InChI is InChI=1S/C16H21BrN2O3/c1-11(22-14-8-4-7-13(17)10-14)16(21)19-18-15(20)9-12-5-2-3-6-12/h4,7-8,10-12H,2-3,5-6,9H2,1H3,(H,18,20)(H,19,21)/t11-/m0/s1. The van der Waals surface area contributed by atoms with E-state index in [4.69, 9.17) is 4.74 Å². The highest BCUT2D eigenvalue weighted by atomic mass is 79.9. The van der Waals surface area contributed by atoms with E-state index in [0.717, 1.165) is 17.3 Å². The van der Waals surface area contributed by atoms with E-state index in [-0.39, 0.29) is 11.8 Å². The largest absolute Gasteiger partial charge is 0.481 e. The van der Waals surface area contributed by atoms with E-state index in [1.807, 2.05) is 12.1 Å². The van der Waals surface area contributed by atoms with E-state index < -0.39 is 6.10 Å². The molecule has 1 aromatic carbocycles. The fourth-order valence-corrected chi connectivity index (χ4v) is 2.94. The molecule has 120 valence electrons. The summed E-state index contributed by atoms with van der Waals surface area (Å²) < 4.78 is 6.41. The van der Waals surface area contributed by atoms with Gasteiger partial charge < -0.3 is 4.74 Å². The zero-order valence-corrected chi connectivity index (χ0v) is 14.2. The molecule has 0 bridgehead atoms. The zero-order chi connectivity index (χ0) is 15.9. The number of hydrogen-bond donors (Lipinski definition) is 2. The van der Waals surface area contributed by atoms with Gasteiger partial charge in [0.15, 0.2) is 6.10 Å². The Morgan fingerprint density at radius 3 is 2.73 bits per heavy atom. The van der Waals surface area contributed by atoms with Crippen molar-refractivity contribution < 1.29 is 14.3 Å². The molecule has 0 spiro atoms. The minimum atomic E-state index is -0.693. The number of nitrogens with one attached hydrogen (secondary N) is 2. The highest BCUT2D eigenvalue weighted by Crippen LogP contribution is 2.27. The lowest BCUT2D eigenvalue weighted by Crippen LogP contribution is -2.47. The third-order valence-corrected chi connectivity index (χ3v) is 4.25. The van der Waals surface area contributed by atoms with Gasteiger partial charge >= 0.3 is 0 Å². The molecule has 2 amide bonds. The summed E-state index contributed by atoms with van der Waals surface area (Å²) >= 11 is 3.34. The Bertz CT molecular complexity index is 530. The van der Waals surface area contributed by atoms with Crippen molar-refractivity contribution in [2.45, 2.75) is 45.1 Å². The number of halogens is 1. The van der Waals surface area contributed by atoms with Crippen molar-refractivity contribution in [2.24, 2.45) is 5.92 Å². The van der Waals surface area contributed by atoms with Crippen LogP contribution in [0.2, 0.25) is 0 Å². The number of hydrazine groups is 1. The monoisotopic (exact) mass is 368 g/mol. The van der Waals surface area contributed by atoms with Gasteiger partial charge in [-0.05, 0) is 43.9 Å². The summed E-state index contributed by atoms with van der Waals surface area (Å²) in [6.45, 7) is 1.64. The molecule has 0 heterocycles. The Morgan fingerprint density at radius 2 is 2.05 bits per heavy atom. The SMILES string of the molecule is C[C@H](Oc1cccc(Br)c1)C(=O)NNC(=O)CC1CCCC1. The first-order valence-corrected chi connectivity index (χ1v) is 8.35. The highest BCUT2D eigenvalue weighted by Gasteiger charge is 2.20. The molecule has 1 saturated carbocycles. The number of ether oxygens (including phenoxy) is 1. The van der Waals surface area contributed by atoms with Crippen LogP contribution in [0.15, 0.2) is 28.7 Å². The molecule has 1 aliphatic carbocycles. The molecule has 6 heteroatoms. The van der Waals surface area contributed by atoms with Gasteiger partial charge in [-0.1, -0.05) is 34.8 Å². The number of benzene rings is 1. The van der Waals surface area contributed by atoms with Crippen molar-refractivity contribution in [1.29, 1.82) is 0 Å². The summed E-state index contributed by atoms with van der Waals surface area (Å²) in [5, 5.41) is 0. The second kappa shape index (κ2) is 8.17. The van der Waals surface area contributed by atoms with Crippen LogP contribution in [0.5, 0.6) is 5.75 Å². The van der Waals surface area contributed by atoms with Crippen LogP contribution in [0, 0.1) is 5.92 Å². The fourth-order valence-electron chi connectivity index (χ4n) is 2.56. The zero-order valence-electron chi connectivity index (χ0n) is 12.6. The number of hydrogen-bond acceptors (Lipinski definition) is 3. The van der Waals surface area contributed by atoms with Crippen molar-refractivity contribution in [3.63, 3.8) is 0 Å². The van der Waals surface area contributed by atoms with E-state index in [2.05, 4.69) is 26.8 Å². The molecule has 0 saturated heterocycles. The molecule has 2 N–H and O–H groups in total. The molecular formula is C16H21BrN2O3. The molecule has 2 rings (SSSR count). The van der Waals surface area contributed by atoms with Crippen LogP contribution in [0.25, 0.3) is 0 Å². The Hall–Kier alpha value is -1.56. The van der Waals surface area contributed by atoms with E-state index >= 15 is 0 Å². The summed E-state index contributed by atoms with van der Waals surface area (Å²) in [6.07, 6.45) is 4.37. The van der Waals surface area contributed by atoms with Crippen molar-refractivity contribution in [3.8, 4) is 5.75 Å². The van der Waals surface area contributed by atoms with Gasteiger partial charge in [0.05, 0.1) is 0 Å². The van der Waals surface area contributed by atoms with E-state index in [1.54, 1.807) is 19.1 Å². The van der Waals surface area contributed by atoms with Gasteiger partial charge in [-0.3, -0.25) is 20.4 Å². The molecule has 1 aromatic rings. The maximum absolute atomic E-state index is 11.9. The highest BCUT2D eigenvalue weighted by molar-refractivity contribution is 9.10. The van der Waals surface area contributed by atoms with Gasteiger partial charge in [0.25, 0.3) is 5.91 Å². The quantitative estimate of drug-likeness (QED) is 0.785. The van der Waals surface area contributed by atoms with E-state index in [9.17, 15) is 9.59 Å². The van der Waals surface area contributed by atoms with Crippen molar-refractivity contribution in [2.75, 3.05) is 0 Å².